The van der Waals surface area contributed by atoms with Crippen LogP contribution in [0, 0.1) is 11.7 Å². The molecule has 23 heavy (non-hydrogen) atoms. The first-order chi connectivity index (χ1) is 11.2. The summed E-state index contributed by atoms with van der Waals surface area (Å²) < 4.78 is 15.4. The van der Waals surface area contributed by atoms with Crippen LogP contribution < -0.4 is 0 Å². The molecule has 3 atom stereocenters. The molecule has 2 fully saturated rings. The van der Waals surface area contributed by atoms with Crippen molar-refractivity contribution in [3.63, 3.8) is 0 Å². The first-order valence-electron chi connectivity index (χ1n) is 8.24. The summed E-state index contributed by atoms with van der Waals surface area (Å²) in [7, 11) is 0. The van der Waals surface area contributed by atoms with Crippen molar-refractivity contribution in [3.05, 3.63) is 54.4 Å². The van der Waals surface area contributed by atoms with Gasteiger partial charge in [-0.05, 0) is 42.9 Å². The summed E-state index contributed by atoms with van der Waals surface area (Å²) in [5, 5.41) is 0. The minimum Gasteiger partial charge on any atom is -0.340 e. The molecule has 1 saturated heterocycles. The molecule has 2 aromatic rings. The van der Waals surface area contributed by atoms with E-state index in [1.54, 1.807) is 18.3 Å². The molecule has 2 aliphatic rings. The zero-order valence-electron chi connectivity index (χ0n) is 12.9. The van der Waals surface area contributed by atoms with Crippen LogP contribution in [-0.2, 0) is 4.79 Å². The molecule has 2 heterocycles. The highest BCUT2D eigenvalue weighted by Gasteiger charge is 2.46. The van der Waals surface area contributed by atoms with E-state index in [1.807, 2.05) is 23.5 Å². The van der Waals surface area contributed by atoms with Crippen molar-refractivity contribution in [3.8, 4) is 0 Å². The normalized spacial score (nSPS) is 27.0. The number of aromatic nitrogens is 2. The highest BCUT2D eigenvalue weighted by atomic mass is 19.1. The number of benzene rings is 1. The van der Waals surface area contributed by atoms with Gasteiger partial charge in [0.05, 0.1) is 12.4 Å². The number of carbonyl (C=O) groups is 1. The minimum absolute atomic E-state index is 0.0262. The highest BCUT2D eigenvalue weighted by Crippen LogP contribution is 2.48. The third-order valence-corrected chi connectivity index (χ3v) is 5.04. The molecular weight excluding hydrogens is 293 g/mol. The highest BCUT2D eigenvalue weighted by molar-refractivity contribution is 5.83. The van der Waals surface area contributed by atoms with Crippen LogP contribution in [0.4, 0.5) is 4.39 Å². The molecule has 4 nitrogen and oxygen atoms in total. The second-order valence-corrected chi connectivity index (χ2v) is 6.59. The summed E-state index contributed by atoms with van der Waals surface area (Å²) in [5.41, 5.74) is 0.950. The van der Waals surface area contributed by atoms with Crippen molar-refractivity contribution < 1.29 is 9.18 Å². The van der Waals surface area contributed by atoms with Crippen LogP contribution in [0.2, 0.25) is 0 Å². The lowest BCUT2D eigenvalue weighted by molar-refractivity contribution is -0.134. The number of likely N-dealkylation sites (tertiary alicyclic amines) is 1. The number of hydrogen-bond donors (Lipinski definition) is 0. The van der Waals surface area contributed by atoms with Gasteiger partial charge < -0.3 is 9.47 Å². The van der Waals surface area contributed by atoms with Crippen molar-refractivity contribution >= 4 is 5.91 Å². The molecule has 0 spiro atoms. The zero-order chi connectivity index (χ0) is 15.8. The lowest BCUT2D eigenvalue weighted by Crippen LogP contribution is -2.41. The van der Waals surface area contributed by atoms with Crippen molar-refractivity contribution in [2.75, 3.05) is 13.1 Å². The van der Waals surface area contributed by atoms with E-state index in [9.17, 15) is 9.18 Å². The molecule has 1 aromatic heterocycles. The number of amides is 1. The number of carbonyl (C=O) groups excluding carboxylic acids is 1. The van der Waals surface area contributed by atoms with Gasteiger partial charge in [0.15, 0.2) is 0 Å². The first-order valence-corrected chi connectivity index (χ1v) is 8.24. The smallest absolute Gasteiger partial charge is 0.226 e. The van der Waals surface area contributed by atoms with Gasteiger partial charge in [0, 0.05) is 31.4 Å². The Bertz CT molecular complexity index is 700. The van der Waals surface area contributed by atoms with E-state index < -0.39 is 0 Å². The fraction of sp³-hybridized carbons (Fsp3) is 0.444. The second-order valence-electron chi connectivity index (χ2n) is 6.59. The number of piperidine rings is 1. The van der Waals surface area contributed by atoms with E-state index in [2.05, 4.69) is 9.55 Å². The van der Waals surface area contributed by atoms with Crippen molar-refractivity contribution in [1.29, 1.82) is 0 Å². The molecule has 0 N–H and O–H groups in total. The summed E-state index contributed by atoms with van der Waals surface area (Å²) in [6.45, 7) is 1.58. The maximum absolute atomic E-state index is 13.3. The van der Waals surface area contributed by atoms with Crippen LogP contribution in [0.5, 0.6) is 0 Å². The molecule has 1 amide bonds. The van der Waals surface area contributed by atoms with E-state index in [1.165, 1.54) is 6.07 Å². The van der Waals surface area contributed by atoms with Crippen LogP contribution in [0.1, 0.15) is 36.8 Å². The summed E-state index contributed by atoms with van der Waals surface area (Å²) in [6.07, 6.45) is 8.51. The Balaban J connectivity index is 1.42. The Morgan fingerprint density at radius 1 is 1.35 bits per heavy atom. The van der Waals surface area contributed by atoms with Gasteiger partial charge in [0.2, 0.25) is 5.91 Å². The number of hydrogen-bond acceptors (Lipinski definition) is 2. The van der Waals surface area contributed by atoms with Crippen molar-refractivity contribution in [1.82, 2.24) is 14.5 Å². The maximum Gasteiger partial charge on any atom is 0.226 e. The zero-order valence-corrected chi connectivity index (χ0v) is 12.9. The lowest BCUT2D eigenvalue weighted by atomic mass is 10.0. The first kappa shape index (κ1) is 14.4. The Morgan fingerprint density at radius 3 is 3.04 bits per heavy atom. The molecule has 0 bridgehead atoms. The molecule has 1 saturated carbocycles. The fourth-order valence-electron chi connectivity index (χ4n) is 3.69. The van der Waals surface area contributed by atoms with Gasteiger partial charge in [-0.3, -0.25) is 4.79 Å². The molecule has 120 valence electrons. The molecule has 0 unspecified atom stereocenters. The van der Waals surface area contributed by atoms with E-state index in [0.29, 0.717) is 6.04 Å². The third kappa shape index (κ3) is 2.87. The molecule has 5 heteroatoms. The number of rotatable bonds is 3. The Morgan fingerprint density at radius 2 is 2.26 bits per heavy atom. The standard InChI is InChI=1S/C18H20FN3O/c19-14-4-1-3-13(9-14)16-10-17(16)18(23)21-7-2-5-15(11-21)22-8-6-20-12-22/h1,3-4,6,8-9,12,15-17H,2,5,7,10-11H2/t15-,16-,17+/m0/s1. The Hall–Kier alpha value is -2.17. The Kier molecular flexibility index (Phi) is 3.63. The molecule has 0 radical (unpaired) electrons. The van der Waals surface area contributed by atoms with Crippen LogP contribution >= 0.6 is 0 Å². The van der Waals surface area contributed by atoms with Crippen LogP contribution in [0.3, 0.4) is 0 Å². The van der Waals surface area contributed by atoms with Gasteiger partial charge in [-0.15, -0.1) is 0 Å². The van der Waals surface area contributed by atoms with Gasteiger partial charge >= 0.3 is 0 Å². The molecular formula is C18H20FN3O. The van der Waals surface area contributed by atoms with E-state index in [4.69, 9.17) is 0 Å². The average molecular weight is 313 g/mol. The maximum atomic E-state index is 13.3. The Labute approximate surface area is 134 Å². The quantitative estimate of drug-likeness (QED) is 0.874. The largest absolute Gasteiger partial charge is 0.340 e. The third-order valence-electron chi connectivity index (χ3n) is 5.04. The molecule has 1 aliphatic carbocycles. The van der Waals surface area contributed by atoms with Crippen LogP contribution in [-0.4, -0.2) is 33.4 Å². The van der Waals surface area contributed by atoms with E-state index in [0.717, 1.165) is 37.9 Å². The summed E-state index contributed by atoms with van der Waals surface area (Å²) in [4.78, 5) is 18.8. The van der Waals surface area contributed by atoms with Crippen LogP contribution in [0.25, 0.3) is 0 Å². The minimum atomic E-state index is -0.223. The summed E-state index contributed by atoms with van der Waals surface area (Å²) in [5.74, 6) is 0.216. The van der Waals surface area contributed by atoms with E-state index in [-0.39, 0.29) is 23.6 Å². The summed E-state index contributed by atoms with van der Waals surface area (Å²) in [6, 6.07) is 6.97. The second kappa shape index (κ2) is 5.80. The molecule has 1 aromatic carbocycles. The lowest BCUT2D eigenvalue weighted by Gasteiger charge is -2.33. The monoisotopic (exact) mass is 313 g/mol. The van der Waals surface area contributed by atoms with Crippen LogP contribution in [0.15, 0.2) is 43.0 Å². The predicted molar refractivity (Wildman–Crippen MR) is 84.3 cm³/mol. The van der Waals surface area contributed by atoms with Gasteiger partial charge in [0.1, 0.15) is 5.82 Å². The van der Waals surface area contributed by atoms with Crippen molar-refractivity contribution in [2.24, 2.45) is 5.92 Å². The fourth-order valence-corrected chi connectivity index (χ4v) is 3.69. The molecule has 1 aliphatic heterocycles. The van der Waals surface area contributed by atoms with Gasteiger partial charge in [0.25, 0.3) is 0 Å². The number of halogens is 1. The number of nitrogens with zero attached hydrogens (tertiary/aromatic N) is 3. The van der Waals surface area contributed by atoms with E-state index >= 15 is 0 Å². The number of imidazole rings is 1. The predicted octanol–water partition coefficient (Wildman–Crippen LogP) is 2.99. The van der Waals surface area contributed by atoms with Gasteiger partial charge in [-0.2, -0.15) is 0 Å². The summed E-state index contributed by atoms with van der Waals surface area (Å²) >= 11 is 0. The molecule has 4 rings (SSSR count). The van der Waals surface area contributed by atoms with Gasteiger partial charge in [-0.25, -0.2) is 9.37 Å². The van der Waals surface area contributed by atoms with Crippen molar-refractivity contribution in [2.45, 2.75) is 31.2 Å². The van der Waals surface area contributed by atoms with Gasteiger partial charge in [-0.1, -0.05) is 12.1 Å². The topological polar surface area (TPSA) is 38.1 Å². The average Bonchev–Trinajstić information content (AvgIpc) is 3.19. The SMILES string of the molecule is O=C([C@@H]1C[C@H]1c1cccc(F)c1)N1CCC[C@H](n2ccnc2)C1.